The fourth-order valence-electron chi connectivity index (χ4n) is 3.08. The van der Waals surface area contributed by atoms with Crippen LogP contribution in [-0.4, -0.2) is 31.1 Å². The third-order valence-electron chi connectivity index (χ3n) is 4.11. The molecule has 1 saturated heterocycles. The maximum Gasteiger partial charge on any atom is 0.284 e. The number of rotatable bonds is 3. The topological polar surface area (TPSA) is 122 Å². The van der Waals surface area contributed by atoms with Crippen LogP contribution < -0.4 is 10.0 Å². The molecule has 25 heavy (non-hydrogen) atoms. The van der Waals surface area contributed by atoms with Crippen molar-refractivity contribution in [1.82, 2.24) is 10.2 Å². The number of aromatic nitrogens is 2. The lowest BCUT2D eigenvalue weighted by molar-refractivity contribution is -0.117. The van der Waals surface area contributed by atoms with Crippen molar-refractivity contribution in [2.45, 2.75) is 31.1 Å². The second-order valence-electron chi connectivity index (χ2n) is 5.88. The van der Waals surface area contributed by atoms with Gasteiger partial charge in [0.15, 0.2) is 0 Å². The van der Waals surface area contributed by atoms with Crippen molar-refractivity contribution < 1.29 is 17.6 Å². The molecule has 1 amide bonds. The van der Waals surface area contributed by atoms with Crippen LogP contribution in [0.5, 0.6) is 0 Å². The number of benzene rings is 1. The van der Waals surface area contributed by atoms with Gasteiger partial charge >= 0.3 is 0 Å². The van der Waals surface area contributed by atoms with Gasteiger partial charge in [-0.15, -0.1) is 5.10 Å². The quantitative estimate of drug-likeness (QED) is 0.758. The molecule has 1 aliphatic rings. The van der Waals surface area contributed by atoms with Crippen LogP contribution in [0.1, 0.15) is 29.4 Å². The van der Waals surface area contributed by atoms with Crippen LogP contribution in [0, 0.1) is 18.7 Å². The Morgan fingerprint density at radius 2 is 2.16 bits per heavy atom. The van der Waals surface area contributed by atoms with Gasteiger partial charge in [0.25, 0.3) is 4.84 Å². The van der Waals surface area contributed by atoms with Crippen molar-refractivity contribution in [1.29, 1.82) is 0 Å². The van der Waals surface area contributed by atoms with E-state index in [9.17, 15) is 13.2 Å². The van der Waals surface area contributed by atoms with Gasteiger partial charge in [-0.1, -0.05) is 11.6 Å². The molecule has 1 aromatic heterocycles. The molecule has 1 aliphatic heterocycles. The zero-order valence-corrected chi connectivity index (χ0v) is 15.8. The Bertz CT molecular complexity index is 1030. The van der Waals surface area contributed by atoms with E-state index in [1.807, 2.05) is 0 Å². The van der Waals surface area contributed by atoms with Crippen LogP contribution in [0.25, 0.3) is 0 Å². The number of anilines is 1. The molecule has 0 saturated carbocycles. The zero-order valence-electron chi connectivity index (χ0n) is 13.4. The van der Waals surface area contributed by atoms with Gasteiger partial charge in [0.2, 0.25) is 21.8 Å². The third-order valence-corrected chi connectivity index (χ3v) is 5.96. The smallest absolute Gasteiger partial charge is 0.284 e. The number of nitrogens with zero attached hydrogens (tertiary/aromatic N) is 2. The van der Waals surface area contributed by atoms with E-state index in [1.165, 1.54) is 4.90 Å². The van der Waals surface area contributed by atoms with E-state index < -0.39 is 10.0 Å². The second kappa shape index (κ2) is 6.20. The molecule has 1 atom stereocenters. The molecule has 8 nitrogen and oxygen atoms in total. The van der Waals surface area contributed by atoms with E-state index >= 15 is 0 Å². The van der Waals surface area contributed by atoms with Gasteiger partial charge in [-0.05, 0) is 43.3 Å². The molecule has 3 N–H and O–H groups in total. The Hall–Kier alpha value is -1.75. The summed E-state index contributed by atoms with van der Waals surface area (Å²) in [5, 5.41) is 11.9. The van der Waals surface area contributed by atoms with E-state index in [-0.39, 0.29) is 33.0 Å². The minimum absolute atomic E-state index is 0.0255. The molecule has 1 fully saturated rings. The van der Waals surface area contributed by atoms with Crippen LogP contribution in [-0.2, 0) is 14.8 Å². The summed E-state index contributed by atoms with van der Waals surface area (Å²) >= 11 is 11.2. The van der Waals surface area contributed by atoms with Gasteiger partial charge in [0.05, 0.1) is 21.5 Å². The third kappa shape index (κ3) is 3.22. The van der Waals surface area contributed by atoms with Crippen LogP contribution in [0.2, 0.25) is 5.02 Å². The molecule has 1 unspecified atom stereocenters. The van der Waals surface area contributed by atoms with E-state index in [0.717, 1.165) is 0 Å². The van der Waals surface area contributed by atoms with Crippen LogP contribution >= 0.6 is 23.8 Å². The maximum atomic E-state index is 12.4. The van der Waals surface area contributed by atoms with E-state index in [2.05, 4.69) is 10.2 Å². The number of carbonyl (C=O) groups is 1. The highest BCUT2D eigenvalue weighted by Crippen LogP contribution is 2.39. The van der Waals surface area contributed by atoms with Crippen molar-refractivity contribution in [3.05, 3.63) is 32.9 Å². The first-order chi connectivity index (χ1) is 11.6. The molecule has 0 aliphatic carbocycles. The molecule has 0 spiro atoms. The standard InChI is InChI=1S/C14H15ClN4O4S2/c1-6-3-9(11(15)7(2)12(6)25(16,21)22)19-5-8(4-10(19)20)13-17-18-14(24)23-13/h3,8H,4-5H2,1-2H3,(H,18,24)(H2,16,21,22). The summed E-state index contributed by atoms with van der Waals surface area (Å²) in [5.74, 6) is -0.0835. The van der Waals surface area contributed by atoms with Crippen LogP contribution in [0.3, 0.4) is 0 Å². The Kier molecular flexibility index (Phi) is 4.48. The summed E-state index contributed by atoms with van der Waals surface area (Å²) in [5.41, 5.74) is 1.17. The number of primary sulfonamides is 1. The molecule has 2 aromatic rings. The molecule has 3 rings (SSSR count). The highest BCUT2D eigenvalue weighted by molar-refractivity contribution is 7.89. The molecule has 0 radical (unpaired) electrons. The lowest BCUT2D eigenvalue weighted by Crippen LogP contribution is -2.26. The highest BCUT2D eigenvalue weighted by Gasteiger charge is 2.36. The monoisotopic (exact) mass is 402 g/mol. The van der Waals surface area contributed by atoms with Crippen molar-refractivity contribution >= 4 is 45.4 Å². The van der Waals surface area contributed by atoms with Gasteiger partial charge in [-0.3, -0.25) is 4.79 Å². The number of amides is 1. The Balaban J connectivity index is 2.03. The minimum atomic E-state index is -3.92. The largest absolute Gasteiger partial charge is 0.414 e. The average molecular weight is 403 g/mol. The van der Waals surface area contributed by atoms with Crippen molar-refractivity contribution in [3.8, 4) is 0 Å². The SMILES string of the molecule is Cc1cc(N2CC(c3n[nH]c(=S)o3)CC2=O)c(Cl)c(C)c1S(N)(=O)=O. The summed E-state index contributed by atoms with van der Waals surface area (Å²) in [6, 6.07) is 1.55. The zero-order chi connectivity index (χ0) is 18.5. The average Bonchev–Trinajstić information content (AvgIpc) is 3.07. The molecule has 134 valence electrons. The number of carbonyl (C=O) groups excluding carboxylic acids is 1. The first-order valence-electron chi connectivity index (χ1n) is 7.28. The number of nitrogens with two attached hydrogens (primary N) is 1. The summed E-state index contributed by atoms with van der Waals surface area (Å²) < 4.78 is 28.8. The lowest BCUT2D eigenvalue weighted by Gasteiger charge is -2.21. The van der Waals surface area contributed by atoms with Gasteiger partial charge in [0.1, 0.15) is 0 Å². The van der Waals surface area contributed by atoms with E-state index in [4.69, 9.17) is 33.4 Å². The minimum Gasteiger partial charge on any atom is -0.414 e. The Morgan fingerprint density at radius 1 is 1.48 bits per heavy atom. The maximum absolute atomic E-state index is 12.4. The summed E-state index contributed by atoms with van der Waals surface area (Å²) in [7, 11) is -3.92. The fourth-order valence-corrected chi connectivity index (χ4v) is 4.55. The first kappa shape index (κ1) is 18.1. The van der Waals surface area contributed by atoms with E-state index in [1.54, 1.807) is 19.9 Å². The first-order valence-corrected chi connectivity index (χ1v) is 9.61. The molecule has 11 heteroatoms. The van der Waals surface area contributed by atoms with Crippen LogP contribution in [0.15, 0.2) is 15.4 Å². The summed E-state index contributed by atoms with van der Waals surface area (Å²) in [4.78, 5) is 14.1. The summed E-state index contributed by atoms with van der Waals surface area (Å²) in [6.45, 7) is 3.47. The molecular formula is C14H15ClN4O4S2. The molecule has 0 bridgehead atoms. The normalized spacial score (nSPS) is 18.2. The molecular weight excluding hydrogens is 388 g/mol. The number of nitrogens with one attached hydrogen (secondary N) is 1. The van der Waals surface area contributed by atoms with Gasteiger partial charge < -0.3 is 9.32 Å². The number of halogens is 1. The Labute approximate surface area is 154 Å². The highest BCUT2D eigenvalue weighted by atomic mass is 35.5. The van der Waals surface area contributed by atoms with Crippen molar-refractivity contribution in [2.75, 3.05) is 11.4 Å². The number of hydrogen-bond acceptors (Lipinski definition) is 6. The Morgan fingerprint density at radius 3 is 2.72 bits per heavy atom. The number of hydrogen-bond donors (Lipinski definition) is 2. The van der Waals surface area contributed by atoms with Crippen molar-refractivity contribution in [2.24, 2.45) is 5.14 Å². The van der Waals surface area contributed by atoms with E-state index in [0.29, 0.717) is 29.2 Å². The predicted octanol–water partition coefficient (Wildman–Crippen LogP) is 2.17. The second-order valence-corrected chi connectivity index (χ2v) is 8.13. The lowest BCUT2D eigenvalue weighted by atomic mass is 10.1. The van der Waals surface area contributed by atoms with Gasteiger partial charge in [-0.2, -0.15) is 0 Å². The van der Waals surface area contributed by atoms with Gasteiger partial charge in [-0.25, -0.2) is 18.7 Å². The molecule has 2 heterocycles. The molecule has 1 aromatic carbocycles. The summed E-state index contributed by atoms with van der Waals surface area (Å²) in [6.07, 6.45) is 0.189. The van der Waals surface area contributed by atoms with Gasteiger partial charge in [0, 0.05) is 13.0 Å². The van der Waals surface area contributed by atoms with Crippen molar-refractivity contribution in [3.63, 3.8) is 0 Å². The van der Waals surface area contributed by atoms with Crippen LogP contribution in [0.4, 0.5) is 5.69 Å². The number of H-pyrrole nitrogens is 1. The number of sulfonamides is 1. The number of aromatic amines is 1. The fraction of sp³-hybridized carbons (Fsp3) is 0.357. The predicted molar refractivity (Wildman–Crippen MR) is 93.7 cm³/mol. The number of aryl methyl sites for hydroxylation is 1.